The molecule has 0 nitrogen and oxygen atoms in total. The first-order valence-electron chi connectivity index (χ1n) is 5.49. The van der Waals surface area contributed by atoms with Crippen LogP contribution in [0.5, 0.6) is 0 Å². The zero-order valence-corrected chi connectivity index (χ0v) is 15.8. The Morgan fingerprint density at radius 2 is 1.18 bits per heavy atom. The summed E-state index contributed by atoms with van der Waals surface area (Å²) in [7, 11) is 0. The average Bonchev–Trinajstić information content (AvgIpc) is 2.61. The summed E-state index contributed by atoms with van der Waals surface area (Å²) in [4.78, 5) is 0. The first-order valence-corrected chi connectivity index (χ1v) is 9.08. The van der Waals surface area contributed by atoms with Crippen molar-refractivity contribution in [1.29, 1.82) is 0 Å². The number of allylic oxidation sites excluding steroid dienone is 8. The van der Waals surface area contributed by atoms with Crippen molar-refractivity contribution in [3.05, 3.63) is 47.6 Å². The van der Waals surface area contributed by atoms with Gasteiger partial charge in [0.05, 0.1) is 0 Å². The fourth-order valence-electron chi connectivity index (χ4n) is 2.20. The Morgan fingerprint density at radius 3 is 1.41 bits per heavy atom. The summed E-state index contributed by atoms with van der Waals surface area (Å²) in [6, 6.07) is 0. The maximum atomic E-state index is 2.43. The number of hydrogen-bond acceptors (Lipinski definition) is 0. The molecule has 0 spiro atoms. The molecule has 0 aromatic carbocycles. The van der Waals surface area contributed by atoms with Crippen LogP contribution in [0.3, 0.4) is 0 Å². The second kappa shape index (κ2) is 6.04. The molecule has 0 N–H and O–H groups in total. The minimum absolute atomic E-state index is 0. The van der Waals surface area contributed by atoms with Gasteiger partial charge in [-0.3, -0.25) is 0 Å². The molecular formula is C14H18Cl2Hf. The Hall–Kier alpha value is 0.410. The molecule has 2 atom stereocenters. The summed E-state index contributed by atoms with van der Waals surface area (Å²) in [6.07, 6.45) is 13.9. The number of halogens is 2. The predicted octanol–water partition coefficient (Wildman–Crippen LogP) is -1.53. The van der Waals surface area contributed by atoms with Crippen LogP contribution in [-0.4, -0.2) is 0 Å². The van der Waals surface area contributed by atoms with E-state index in [1.54, 1.807) is 11.1 Å². The smallest absolute Gasteiger partial charge is 1.00 e. The third kappa shape index (κ3) is 3.24. The van der Waals surface area contributed by atoms with Gasteiger partial charge in [0.15, 0.2) is 0 Å². The zero-order chi connectivity index (χ0) is 11.1. The minimum Gasteiger partial charge on any atom is -1.00 e. The molecule has 2 aliphatic carbocycles. The van der Waals surface area contributed by atoms with E-state index in [0.29, 0.717) is 6.34 Å². The topological polar surface area (TPSA) is 0 Å². The number of rotatable bonds is 2. The summed E-state index contributed by atoms with van der Waals surface area (Å²) < 4.78 is 0.886. The molecule has 0 heterocycles. The van der Waals surface area contributed by atoms with Crippen LogP contribution in [0, 0.1) is 0 Å². The summed E-state index contributed by atoms with van der Waals surface area (Å²) >= 11 is -0.799. The van der Waals surface area contributed by atoms with E-state index < -0.39 is 22.9 Å². The normalized spacial score (nSPS) is 33.4. The third-order valence-corrected chi connectivity index (χ3v) is 11.5. The molecule has 0 aromatic rings. The fraction of sp³-hybridized carbons (Fsp3) is 0.429. The van der Waals surface area contributed by atoms with Crippen LogP contribution in [0.1, 0.15) is 27.7 Å². The van der Waals surface area contributed by atoms with E-state index in [0.717, 1.165) is 0 Å². The molecular weight excluding hydrogens is 418 g/mol. The van der Waals surface area contributed by atoms with Crippen molar-refractivity contribution in [3.63, 3.8) is 0 Å². The van der Waals surface area contributed by atoms with E-state index in [-0.39, 0.29) is 24.8 Å². The van der Waals surface area contributed by atoms with Crippen LogP contribution >= 0.6 is 0 Å². The van der Waals surface area contributed by atoms with Crippen molar-refractivity contribution in [1.82, 2.24) is 0 Å². The average molecular weight is 436 g/mol. The van der Waals surface area contributed by atoms with Gasteiger partial charge in [-0.2, -0.15) is 0 Å². The van der Waals surface area contributed by atoms with Gasteiger partial charge in [-0.15, -0.1) is 0 Å². The van der Waals surface area contributed by atoms with Gasteiger partial charge >= 0.3 is 105 Å². The van der Waals surface area contributed by atoms with Gasteiger partial charge in [0, 0.05) is 0 Å². The zero-order valence-electron chi connectivity index (χ0n) is 10.7. The molecule has 0 aromatic heterocycles. The van der Waals surface area contributed by atoms with Gasteiger partial charge in [-0.25, -0.2) is 0 Å². The molecule has 0 saturated carbocycles. The van der Waals surface area contributed by atoms with Crippen molar-refractivity contribution in [3.8, 4) is 0 Å². The molecule has 92 valence electrons. The molecule has 0 amide bonds. The second-order valence-electron chi connectivity index (χ2n) is 4.95. The van der Waals surface area contributed by atoms with Crippen LogP contribution in [0.2, 0.25) is 6.34 Å². The van der Waals surface area contributed by atoms with E-state index in [1.807, 2.05) is 0 Å². The molecule has 0 bridgehead atoms. The van der Waals surface area contributed by atoms with E-state index in [4.69, 9.17) is 0 Å². The van der Waals surface area contributed by atoms with Crippen molar-refractivity contribution in [2.24, 2.45) is 0 Å². The molecule has 0 fully saturated rings. The maximum Gasteiger partial charge on any atom is -1.00 e. The quantitative estimate of drug-likeness (QED) is 0.462. The first kappa shape index (κ1) is 17.4. The van der Waals surface area contributed by atoms with Gasteiger partial charge in [-0.1, -0.05) is 0 Å². The molecule has 3 heteroatoms. The SMILES string of the molecule is CC1=CC=C[C]1(C)[Hf+2][C]1(C)C=CC=C1C.[Cl-].[Cl-]. The Labute approximate surface area is 129 Å². The molecule has 0 saturated heterocycles. The van der Waals surface area contributed by atoms with E-state index in [9.17, 15) is 0 Å². The molecule has 2 unspecified atom stereocenters. The molecule has 2 aliphatic rings. The van der Waals surface area contributed by atoms with Gasteiger partial charge in [0.25, 0.3) is 0 Å². The summed E-state index contributed by atoms with van der Waals surface area (Å²) in [5.74, 6) is 0. The monoisotopic (exact) mass is 436 g/mol. The van der Waals surface area contributed by atoms with Crippen molar-refractivity contribution >= 4 is 0 Å². The van der Waals surface area contributed by atoms with Crippen LogP contribution in [0.4, 0.5) is 0 Å². The van der Waals surface area contributed by atoms with Crippen molar-refractivity contribution < 1.29 is 47.7 Å². The van der Waals surface area contributed by atoms with Gasteiger partial charge in [0.2, 0.25) is 0 Å². The van der Waals surface area contributed by atoms with E-state index in [1.165, 1.54) is 0 Å². The third-order valence-electron chi connectivity index (χ3n) is 3.71. The Kier molecular flexibility index (Phi) is 6.18. The Morgan fingerprint density at radius 1 is 0.824 bits per heavy atom. The van der Waals surface area contributed by atoms with Gasteiger partial charge in [-0.05, 0) is 0 Å². The minimum atomic E-state index is -0.799. The first-order chi connectivity index (χ1) is 6.96. The standard InChI is InChI=1S/2C7H9.2ClH.Hf/c2*1-6-4-3-5-7(6)2;;;/h2*3-5H,1-2H3;2*1H;/q;;;;+2/p-2. The Balaban J connectivity index is 0.00000128. The Bertz CT molecular complexity index is 368. The second-order valence-corrected chi connectivity index (χ2v) is 13.3. The van der Waals surface area contributed by atoms with Crippen LogP contribution in [-0.2, 0) is 22.9 Å². The van der Waals surface area contributed by atoms with Crippen molar-refractivity contribution in [2.45, 2.75) is 34.0 Å². The van der Waals surface area contributed by atoms with E-state index >= 15 is 0 Å². The summed E-state index contributed by atoms with van der Waals surface area (Å²) in [5, 5.41) is 0. The molecule has 2 rings (SSSR count). The summed E-state index contributed by atoms with van der Waals surface area (Å²) in [5.41, 5.74) is 3.14. The molecule has 0 radical (unpaired) electrons. The van der Waals surface area contributed by atoms with Gasteiger partial charge in [0.1, 0.15) is 0 Å². The molecule has 17 heavy (non-hydrogen) atoms. The fourth-order valence-corrected chi connectivity index (χ4v) is 9.38. The predicted molar refractivity (Wildman–Crippen MR) is 62.5 cm³/mol. The van der Waals surface area contributed by atoms with Crippen LogP contribution in [0.15, 0.2) is 47.6 Å². The van der Waals surface area contributed by atoms with Crippen LogP contribution < -0.4 is 24.8 Å². The van der Waals surface area contributed by atoms with Crippen LogP contribution in [0.25, 0.3) is 0 Å². The maximum absolute atomic E-state index is 2.43. The van der Waals surface area contributed by atoms with Crippen molar-refractivity contribution in [2.75, 3.05) is 0 Å². The largest absolute Gasteiger partial charge is 1.00 e. The molecule has 0 aliphatic heterocycles. The summed E-state index contributed by atoms with van der Waals surface area (Å²) in [6.45, 7) is 9.43. The van der Waals surface area contributed by atoms with E-state index in [2.05, 4.69) is 64.2 Å². The van der Waals surface area contributed by atoms with Gasteiger partial charge < -0.3 is 24.8 Å². The number of hydrogen-bond donors (Lipinski definition) is 0.